The molecule has 0 aliphatic rings. The van der Waals surface area contributed by atoms with E-state index < -0.39 is 0 Å². The van der Waals surface area contributed by atoms with Crippen LogP contribution in [0.15, 0.2) is 65.4 Å². The number of nitrogens with one attached hydrogen (secondary N) is 1. The molecule has 1 heterocycles. The fourth-order valence-electron chi connectivity index (χ4n) is 2.87. The summed E-state index contributed by atoms with van der Waals surface area (Å²) >= 11 is 3.67. The van der Waals surface area contributed by atoms with Crippen molar-refractivity contribution in [3.05, 3.63) is 87.7 Å². The molecule has 0 amide bonds. The Balaban J connectivity index is 1.69. The Morgan fingerprint density at radius 2 is 1.79 bits per heavy atom. The van der Waals surface area contributed by atoms with Crippen molar-refractivity contribution >= 4 is 15.9 Å². The Kier molecular flexibility index (Phi) is 7.46. The molecule has 3 rings (SSSR count). The Labute approximate surface area is 175 Å². The van der Waals surface area contributed by atoms with Crippen LogP contribution in [0, 0.1) is 6.92 Å². The SMILES string of the molecule is CCOc1cc(CNCc2cccnc2)c(Br)cc1OCc1ccccc1C. The molecule has 0 unspecified atom stereocenters. The van der Waals surface area contributed by atoms with Crippen molar-refractivity contribution in [1.29, 1.82) is 0 Å². The number of ether oxygens (including phenoxy) is 2. The van der Waals surface area contributed by atoms with E-state index in [0.29, 0.717) is 19.8 Å². The van der Waals surface area contributed by atoms with Crippen LogP contribution in [0.3, 0.4) is 0 Å². The lowest BCUT2D eigenvalue weighted by Gasteiger charge is -2.16. The number of rotatable bonds is 9. The first-order chi connectivity index (χ1) is 13.7. The Morgan fingerprint density at radius 1 is 0.964 bits per heavy atom. The lowest BCUT2D eigenvalue weighted by Crippen LogP contribution is -2.13. The van der Waals surface area contributed by atoms with Crippen molar-refractivity contribution in [2.75, 3.05) is 6.61 Å². The largest absolute Gasteiger partial charge is 0.490 e. The molecule has 0 saturated heterocycles. The van der Waals surface area contributed by atoms with E-state index >= 15 is 0 Å². The van der Waals surface area contributed by atoms with Gasteiger partial charge in [0.15, 0.2) is 11.5 Å². The number of benzene rings is 2. The number of pyridine rings is 1. The summed E-state index contributed by atoms with van der Waals surface area (Å²) in [5.41, 5.74) is 4.66. The molecular formula is C23H25BrN2O2. The second kappa shape index (κ2) is 10.2. The van der Waals surface area contributed by atoms with Gasteiger partial charge in [-0.05, 0) is 54.3 Å². The van der Waals surface area contributed by atoms with E-state index in [1.165, 1.54) is 11.1 Å². The smallest absolute Gasteiger partial charge is 0.162 e. The average Bonchev–Trinajstić information content (AvgIpc) is 2.71. The second-order valence-electron chi connectivity index (χ2n) is 6.50. The van der Waals surface area contributed by atoms with E-state index in [-0.39, 0.29) is 0 Å². The van der Waals surface area contributed by atoms with E-state index in [2.05, 4.69) is 51.4 Å². The van der Waals surface area contributed by atoms with Gasteiger partial charge in [-0.25, -0.2) is 0 Å². The summed E-state index contributed by atoms with van der Waals surface area (Å²) in [4.78, 5) is 4.14. The van der Waals surface area contributed by atoms with Crippen molar-refractivity contribution in [2.24, 2.45) is 0 Å². The third-order valence-electron chi connectivity index (χ3n) is 4.42. The van der Waals surface area contributed by atoms with E-state index in [1.54, 1.807) is 6.20 Å². The highest BCUT2D eigenvalue weighted by atomic mass is 79.9. The summed E-state index contributed by atoms with van der Waals surface area (Å²) < 4.78 is 12.9. The highest BCUT2D eigenvalue weighted by Crippen LogP contribution is 2.34. The molecule has 3 aromatic rings. The van der Waals surface area contributed by atoms with Crippen LogP contribution in [-0.2, 0) is 19.7 Å². The predicted octanol–water partition coefficient (Wildman–Crippen LogP) is 5.42. The molecule has 1 N–H and O–H groups in total. The number of hydrogen-bond acceptors (Lipinski definition) is 4. The predicted molar refractivity (Wildman–Crippen MR) is 116 cm³/mol. The third-order valence-corrected chi connectivity index (χ3v) is 5.16. The van der Waals surface area contributed by atoms with Gasteiger partial charge in [0.2, 0.25) is 0 Å². The summed E-state index contributed by atoms with van der Waals surface area (Å²) in [5.74, 6) is 1.51. The first-order valence-electron chi connectivity index (χ1n) is 9.39. The van der Waals surface area contributed by atoms with Gasteiger partial charge in [-0.3, -0.25) is 4.98 Å². The highest BCUT2D eigenvalue weighted by Gasteiger charge is 2.12. The van der Waals surface area contributed by atoms with Crippen molar-refractivity contribution in [3.8, 4) is 11.5 Å². The molecule has 1 aromatic heterocycles. The van der Waals surface area contributed by atoms with Crippen LogP contribution >= 0.6 is 15.9 Å². The summed E-state index contributed by atoms with van der Waals surface area (Å²) in [6, 6.07) is 16.3. The Bertz CT molecular complexity index is 900. The lowest BCUT2D eigenvalue weighted by molar-refractivity contribution is 0.268. The molecule has 0 atom stereocenters. The van der Waals surface area contributed by atoms with Gasteiger partial charge in [0.05, 0.1) is 6.61 Å². The van der Waals surface area contributed by atoms with Crippen LogP contribution in [0.2, 0.25) is 0 Å². The van der Waals surface area contributed by atoms with Gasteiger partial charge in [0.25, 0.3) is 0 Å². The lowest BCUT2D eigenvalue weighted by atomic mass is 10.1. The maximum absolute atomic E-state index is 6.08. The molecule has 0 radical (unpaired) electrons. The first kappa shape index (κ1) is 20.4. The maximum Gasteiger partial charge on any atom is 0.162 e. The van der Waals surface area contributed by atoms with Gasteiger partial charge in [0, 0.05) is 30.0 Å². The van der Waals surface area contributed by atoms with E-state index in [0.717, 1.165) is 33.6 Å². The fraction of sp³-hybridized carbons (Fsp3) is 0.261. The Morgan fingerprint density at radius 3 is 2.54 bits per heavy atom. The zero-order valence-corrected chi connectivity index (χ0v) is 17.8. The number of nitrogens with zero attached hydrogens (tertiary/aromatic N) is 1. The van der Waals surface area contributed by atoms with Crippen molar-refractivity contribution < 1.29 is 9.47 Å². The van der Waals surface area contributed by atoms with Gasteiger partial charge >= 0.3 is 0 Å². The van der Waals surface area contributed by atoms with E-state index in [9.17, 15) is 0 Å². The van der Waals surface area contributed by atoms with Crippen molar-refractivity contribution in [3.63, 3.8) is 0 Å². The molecule has 0 spiro atoms. The van der Waals surface area contributed by atoms with Crippen LogP contribution in [-0.4, -0.2) is 11.6 Å². The molecule has 0 bridgehead atoms. The summed E-state index contributed by atoms with van der Waals surface area (Å²) in [7, 11) is 0. The normalized spacial score (nSPS) is 10.7. The molecular weight excluding hydrogens is 416 g/mol. The topological polar surface area (TPSA) is 43.4 Å². The van der Waals surface area contributed by atoms with Gasteiger partial charge in [-0.2, -0.15) is 0 Å². The minimum Gasteiger partial charge on any atom is -0.490 e. The van der Waals surface area contributed by atoms with Crippen LogP contribution in [0.1, 0.15) is 29.2 Å². The second-order valence-corrected chi connectivity index (χ2v) is 7.36. The molecule has 0 aliphatic carbocycles. The quantitative estimate of drug-likeness (QED) is 0.482. The van der Waals surface area contributed by atoms with Gasteiger partial charge in [0.1, 0.15) is 6.61 Å². The van der Waals surface area contributed by atoms with Crippen molar-refractivity contribution in [1.82, 2.24) is 10.3 Å². The van der Waals surface area contributed by atoms with Gasteiger partial charge < -0.3 is 14.8 Å². The third kappa shape index (κ3) is 5.57. The monoisotopic (exact) mass is 440 g/mol. The number of aromatic nitrogens is 1. The number of hydrogen-bond donors (Lipinski definition) is 1. The number of halogens is 1. The van der Waals surface area contributed by atoms with Gasteiger partial charge in [-0.15, -0.1) is 0 Å². The number of aryl methyl sites for hydroxylation is 1. The van der Waals surface area contributed by atoms with Crippen LogP contribution in [0.5, 0.6) is 11.5 Å². The molecule has 146 valence electrons. The summed E-state index contributed by atoms with van der Waals surface area (Å²) in [5, 5.41) is 3.45. The summed E-state index contributed by atoms with van der Waals surface area (Å²) in [6.07, 6.45) is 3.65. The fourth-order valence-corrected chi connectivity index (χ4v) is 3.33. The van der Waals surface area contributed by atoms with E-state index in [4.69, 9.17) is 9.47 Å². The zero-order chi connectivity index (χ0) is 19.8. The molecule has 2 aromatic carbocycles. The highest BCUT2D eigenvalue weighted by molar-refractivity contribution is 9.10. The van der Waals surface area contributed by atoms with E-state index in [1.807, 2.05) is 43.5 Å². The van der Waals surface area contributed by atoms with Gasteiger partial charge in [-0.1, -0.05) is 46.3 Å². The van der Waals surface area contributed by atoms with Crippen LogP contribution < -0.4 is 14.8 Å². The maximum atomic E-state index is 6.08. The molecule has 0 saturated carbocycles. The minimum atomic E-state index is 0.512. The molecule has 28 heavy (non-hydrogen) atoms. The molecule has 4 nitrogen and oxygen atoms in total. The summed E-state index contributed by atoms with van der Waals surface area (Å²) in [6.45, 7) is 6.65. The zero-order valence-electron chi connectivity index (χ0n) is 16.2. The minimum absolute atomic E-state index is 0.512. The Hall–Kier alpha value is -2.37. The molecule has 0 fully saturated rings. The molecule has 0 aliphatic heterocycles. The first-order valence-corrected chi connectivity index (χ1v) is 10.2. The van der Waals surface area contributed by atoms with Crippen molar-refractivity contribution in [2.45, 2.75) is 33.5 Å². The van der Waals surface area contributed by atoms with Crippen LogP contribution in [0.25, 0.3) is 0 Å². The van der Waals surface area contributed by atoms with Crippen LogP contribution in [0.4, 0.5) is 0 Å². The average molecular weight is 441 g/mol. The molecule has 5 heteroatoms. The standard InChI is InChI=1S/C23H25BrN2O2/c1-3-27-22-11-20(15-26-14-18-8-6-10-25-13-18)21(24)12-23(22)28-16-19-9-5-4-7-17(19)2/h4-13,26H,3,14-16H2,1-2H3.